The Morgan fingerprint density at radius 1 is 0.378 bits per heavy atom. The van der Waals surface area contributed by atoms with Crippen LogP contribution in [0.2, 0.25) is 0 Å². The third kappa shape index (κ3) is 7.98. The maximum atomic E-state index is 2.83. The van der Waals surface area contributed by atoms with Crippen molar-refractivity contribution in [1.29, 1.82) is 0 Å². The predicted octanol–water partition coefficient (Wildman–Crippen LogP) is 17.7. The highest BCUT2D eigenvalue weighted by molar-refractivity contribution is 7.00. The lowest BCUT2D eigenvalue weighted by Crippen LogP contribution is -2.61. The van der Waals surface area contributed by atoms with Gasteiger partial charge in [-0.2, -0.15) is 0 Å². The van der Waals surface area contributed by atoms with Crippen LogP contribution in [-0.4, -0.2) is 12.3 Å². The number of fused-ring (bicyclic) bond motifs is 7. The Morgan fingerprint density at radius 3 is 1.28 bits per heavy atom. The minimum Gasteiger partial charge on any atom is -0.334 e. The molecule has 4 aliphatic rings. The Kier molecular flexibility index (Phi) is 11.4. The van der Waals surface area contributed by atoms with Gasteiger partial charge in [-0.25, -0.2) is 0 Å². The number of rotatable bonds is 4. The second-order valence-corrected chi connectivity index (χ2v) is 28.4. The maximum absolute atomic E-state index is 2.83. The quantitative estimate of drug-likeness (QED) is 0.163. The Bertz CT molecular complexity index is 3210. The first-order valence-electron chi connectivity index (χ1n) is 27.9. The SMILES string of the molecule is CC(C)(C)c1ccc(-c2ccc3c(c2)C2(C)CCCCC2(C)N3c2cc3c4c(c2)N(c2cccc(C(C)(C)C)c2)c2cc(C(C)(C)C)ccc2B4c2ccc(C(C)(C)C)cc2N3c2cccc(C(C)(C)C)c2)cc1. The molecule has 0 amide bonds. The largest absolute Gasteiger partial charge is 0.334 e. The van der Waals surface area contributed by atoms with Gasteiger partial charge in [0.25, 0.3) is 6.71 Å². The van der Waals surface area contributed by atoms with Crippen molar-refractivity contribution in [1.82, 2.24) is 0 Å². The van der Waals surface area contributed by atoms with E-state index in [4.69, 9.17) is 0 Å². The summed E-state index contributed by atoms with van der Waals surface area (Å²) >= 11 is 0. The van der Waals surface area contributed by atoms with Crippen LogP contribution >= 0.6 is 0 Å². The molecule has 0 aromatic heterocycles. The summed E-state index contributed by atoms with van der Waals surface area (Å²) in [6.07, 6.45) is 4.72. The minimum atomic E-state index is -0.172. The van der Waals surface area contributed by atoms with Crippen molar-refractivity contribution < 1.29 is 0 Å². The van der Waals surface area contributed by atoms with Gasteiger partial charge in [-0.1, -0.05) is 202 Å². The summed E-state index contributed by atoms with van der Waals surface area (Å²) in [5, 5.41) is 0. The summed E-state index contributed by atoms with van der Waals surface area (Å²) in [6, 6.07) is 55.9. The molecule has 74 heavy (non-hydrogen) atoms. The molecule has 2 atom stereocenters. The molecule has 0 N–H and O–H groups in total. The average Bonchev–Trinajstić information content (AvgIpc) is 3.61. The summed E-state index contributed by atoms with van der Waals surface area (Å²) in [7, 11) is 0. The van der Waals surface area contributed by atoms with Gasteiger partial charge in [0, 0.05) is 50.9 Å². The van der Waals surface area contributed by atoms with Crippen molar-refractivity contribution in [3.05, 3.63) is 173 Å². The van der Waals surface area contributed by atoms with E-state index in [0.717, 1.165) is 12.8 Å². The molecular weight excluding hydrogens is 894 g/mol. The number of hydrogen-bond acceptors (Lipinski definition) is 3. The highest BCUT2D eigenvalue weighted by Crippen LogP contribution is 2.62. The highest BCUT2D eigenvalue weighted by Gasteiger charge is 2.58. The fraction of sp³-hybridized carbons (Fsp3) is 0.400. The Labute approximate surface area is 446 Å². The van der Waals surface area contributed by atoms with Crippen molar-refractivity contribution in [3.8, 4) is 11.1 Å². The van der Waals surface area contributed by atoms with E-state index in [-0.39, 0.29) is 44.7 Å². The molecule has 1 saturated carbocycles. The molecule has 7 aromatic rings. The summed E-state index contributed by atoms with van der Waals surface area (Å²) in [5.41, 5.74) is 24.7. The van der Waals surface area contributed by atoms with E-state index in [1.165, 1.54) is 119 Å². The molecule has 2 unspecified atom stereocenters. The topological polar surface area (TPSA) is 9.72 Å². The van der Waals surface area contributed by atoms with E-state index in [9.17, 15) is 0 Å². The molecule has 3 heterocycles. The molecule has 1 aliphatic carbocycles. The second-order valence-electron chi connectivity index (χ2n) is 28.4. The fourth-order valence-corrected chi connectivity index (χ4v) is 13.3. The van der Waals surface area contributed by atoms with Gasteiger partial charge in [0.05, 0.1) is 5.54 Å². The number of hydrogen-bond donors (Lipinski definition) is 0. The third-order valence-electron chi connectivity index (χ3n) is 18.2. The smallest absolute Gasteiger partial charge is 0.252 e. The van der Waals surface area contributed by atoms with Gasteiger partial charge < -0.3 is 14.7 Å². The van der Waals surface area contributed by atoms with E-state index in [1.807, 2.05) is 0 Å². The molecule has 380 valence electrons. The summed E-state index contributed by atoms with van der Waals surface area (Å²) in [5.74, 6) is 0. The Morgan fingerprint density at radius 2 is 0.811 bits per heavy atom. The molecule has 0 bridgehead atoms. The van der Waals surface area contributed by atoms with Gasteiger partial charge >= 0.3 is 0 Å². The molecule has 3 nitrogen and oxygen atoms in total. The van der Waals surface area contributed by atoms with Crippen molar-refractivity contribution in [2.75, 3.05) is 14.7 Å². The second kappa shape index (κ2) is 16.8. The normalized spacial score (nSPS) is 19.5. The first kappa shape index (κ1) is 50.2. The molecule has 0 radical (unpaired) electrons. The molecule has 3 aliphatic heterocycles. The molecule has 0 spiro atoms. The van der Waals surface area contributed by atoms with Crippen LogP contribution in [0.25, 0.3) is 11.1 Å². The van der Waals surface area contributed by atoms with E-state index in [1.54, 1.807) is 0 Å². The number of anilines is 8. The van der Waals surface area contributed by atoms with E-state index < -0.39 is 0 Å². The minimum absolute atomic E-state index is 0.0137. The van der Waals surface area contributed by atoms with Crippen molar-refractivity contribution in [2.24, 2.45) is 0 Å². The van der Waals surface area contributed by atoms with Crippen molar-refractivity contribution >= 4 is 68.6 Å². The Hall–Kier alpha value is -6.00. The monoisotopic (exact) mass is 976 g/mol. The molecular formula is C70H82BN3. The lowest BCUT2D eigenvalue weighted by atomic mass is 9.33. The van der Waals surface area contributed by atoms with Crippen LogP contribution in [0.5, 0.6) is 0 Å². The van der Waals surface area contributed by atoms with Crippen LogP contribution < -0.4 is 31.1 Å². The molecule has 4 heteroatoms. The third-order valence-corrected chi connectivity index (χ3v) is 18.2. The van der Waals surface area contributed by atoms with Gasteiger partial charge in [0.15, 0.2) is 0 Å². The van der Waals surface area contributed by atoms with Crippen LogP contribution in [0.15, 0.2) is 140 Å². The van der Waals surface area contributed by atoms with Gasteiger partial charge in [-0.05, 0) is 168 Å². The molecule has 11 rings (SSSR count). The van der Waals surface area contributed by atoms with Crippen LogP contribution in [-0.2, 0) is 32.5 Å². The fourth-order valence-electron chi connectivity index (χ4n) is 13.3. The van der Waals surface area contributed by atoms with Crippen molar-refractivity contribution in [3.63, 3.8) is 0 Å². The van der Waals surface area contributed by atoms with E-state index >= 15 is 0 Å². The summed E-state index contributed by atoms with van der Waals surface area (Å²) in [6.45, 7) is 40.4. The zero-order valence-electron chi connectivity index (χ0n) is 48.0. The molecule has 0 saturated heterocycles. The standard InChI is InChI=1S/C70H82BN3/c1-64(2,3)47-29-26-45(27-30-47)46-28-35-58-55(38-46)69(16)36-18-19-37-70(69,17)74(58)54-43-61-63-62(44-54)73(53-25-21-23-49(40-53)66(7,8)9)60-42-51(68(13,14)15)32-34-57(60)71(63)56-33-31-50(67(10,11)12)41-59(56)72(61)52-24-20-22-48(39-52)65(4,5)6/h20-35,38-44H,18-19,36-37H2,1-17H3. The molecule has 7 aromatic carbocycles. The van der Waals surface area contributed by atoms with E-state index in [0.29, 0.717) is 0 Å². The van der Waals surface area contributed by atoms with Gasteiger partial charge in [0.2, 0.25) is 0 Å². The van der Waals surface area contributed by atoms with Crippen molar-refractivity contribution in [2.45, 2.75) is 181 Å². The van der Waals surface area contributed by atoms with Crippen LogP contribution in [0, 0.1) is 0 Å². The summed E-state index contributed by atoms with van der Waals surface area (Å²) < 4.78 is 0. The highest BCUT2D eigenvalue weighted by atomic mass is 15.3. The first-order valence-corrected chi connectivity index (χ1v) is 27.9. The maximum Gasteiger partial charge on any atom is 0.252 e. The van der Waals surface area contributed by atoms with Gasteiger partial charge in [-0.3, -0.25) is 0 Å². The zero-order valence-corrected chi connectivity index (χ0v) is 48.0. The zero-order chi connectivity index (χ0) is 52.9. The van der Waals surface area contributed by atoms with E-state index in [2.05, 4.69) is 272 Å². The van der Waals surface area contributed by atoms with Crippen LogP contribution in [0.4, 0.5) is 45.5 Å². The lowest BCUT2D eigenvalue weighted by molar-refractivity contribution is 0.195. The number of benzene rings is 7. The molecule has 1 fully saturated rings. The number of nitrogens with zero attached hydrogens (tertiary/aromatic N) is 3. The van der Waals surface area contributed by atoms with Gasteiger partial charge in [0.1, 0.15) is 0 Å². The van der Waals surface area contributed by atoms with Crippen LogP contribution in [0.1, 0.15) is 177 Å². The average molecular weight is 976 g/mol. The van der Waals surface area contributed by atoms with Crippen LogP contribution in [0.3, 0.4) is 0 Å². The first-order chi connectivity index (χ1) is 34.6. The Balaban J connectivity index is 1.25. The lowest BCUT2D eigenvalue weighted by Gasteiger charge is -2.51. The van der Waals surface area contributed by atoms with Gasteiger partial charge in [-0.15, -0.1) is 0 Å². The summed E-state index contributed by atoms with van der Waals surface area (Å²) in [4.78, 5) is 8.16. The predicted molar refractivity (Wildman–Crippen MR) is 322 cm³/mol.